The molecule has 0 saturated heterocycles. The first-order valence-electron chi connectivity index (χ1n) is 0.894. The first kappa shape index (κ1) is 15.9. The molecule has 0 unspecified atom stereocenters. The van der Waals surface area contributed by atoms with Crippen molar-refractivity contribution in [1.82, 2.24) is 0 Å². The standard InChI is InChI=1S/Ca.Cr.H4O4Si.2H/c;;1-5(2,3)4;;/h;;1-4H;;/q+2;;;2*-1. The van der Waals surface area contributed by atoms with E-state index in [0.29, 0.717) is 0 Å². The van der Waals surface area contributed by atoms with E-state index in [1.165, 1.54) is 0 Å². The van der Waals surface area contributed by atoms with Gasteiger partial charge in [0.25, 0.3) is 0 Å². The van der Waals surface area contributed by atoms with Gasteiger partial charge in [-0.05, 0) is 0 Å². The molecule has 0 atom stereocenters. The second-order valence-electron chi connectivity index (χ2n) is 0.600. The van der Waals surface area contributed by atoms with Crippen LogP contribution >= 0.6 is 0 Å². The van der Waals surface area contributed by atoms with E-state index in [2.05, 4.69) is 0 Å². The van der Waals surface area contributed by atoms with Gasteiger partial charge in [-0.3, -0.25) is 0 Å². The summed E-state index contributed by atoms with van der Waals surface area (Å²) < 4.78 is 0. The van der Waals surface area contributed by atoms with Crippen molar-refractivity contribution in [2.24, 2.45) is 0 Å². The van der Waals surface area contributed by atoms with Gasteiger partial charge in [-0.1, -0.05) is 0 Å². The summed E-state index contributed by atoms with van der Waals surface area (Å²) in [7, 11) is -4.61. The third-order valence-corrected chi connectivity index (χ3v) is 0. The molecule has 0 aromatic rings. The fourth-order valence-electron chi connectivity index (χ4n) is 0. The van der Waals surface area contributed by atoms with Crippen molar-refractivity contribution >= 4 is 46.8 Å². The Morgan fingerprint density at radius 1 is 1.00 bits per heavy atom. The van der Waals surface area contributed by atoms with Crippen molar-refractivity contribution in [3.05, 3.63) is 0 Å². The monoisotopic (exact) mass is 190 g/mol. The van der Waals surface area contributed by atoms with E-state index >= 15 is 0 Å². The SMILES string of the molecule is O[Si](O)(O)O.[Ca+2].[Cr].[H-].[H-]. The summed E-state index contributed by atoms with van der Waals surface area (Å²) in [5.74, 6) is 0. The van der Waals surface area contributed by atoms with Crippen LogP contribution in [0.4, 0.5) is 0 Å². The Hall–Kier alpha value is 1.85. The van der Waals surface area contributed by atoms with Crippen molar-refractivity contribution in [2.45, 2.75) is 0 Å². The Bertz CT molecular complexity index is 34.0. The largest absolute Gasteiger partial charge is 2.00 e. The first-order chi connectivity index (χ1) is 2.00. The zero-order valence-corrected chi connectivity index (χ0v) is 7.89. The third kappa shape index (κ3) is 78.5. The zero-order valence-electron chi connectivity index (χ0n) is 5.40. The summed E-state index contributed by atoms with van der Waals surface area (Å²) in [4.78, 5) is 29.3. The van der Waals surface area contributed by atoms with Gasteiger partial charge < -0.3 is 22.0 Å². The molecule has 0 spiro atoms. The molecular formula is H6CaCrO4Si. The average Bonchev–Trinajstić information content (AvgIpc) is 0.722. The quantitative estimate of drug-likeness (QED) is 0.312. The Balaban J connectivity index is -0.0000000133. The maximum Gasteiger partial charge on any atom is 2.00 e. The van der Waals surface area contributed by atoms with E-state index in [1.807, 2.05) is 0 Å². The minimum Gasteiger partial charge on any atom is -1.00 e. The Morgan fingerprint density at radius 2 is 1.00 bits per heavy atom. The summed E-state index contributed by atoms with van der Waals surface area (Å²) in [6.45, 7) is 0. The molecule has 0 amide bonds. The summed E-state index contributed by atoms with van der Waals surface area (Å²) >= 11 is 0. The van der Waals surface area contributed by atoms with Crippen molar-refractivity contribution in [3.63, 3.8) is 0 Å². The third-order valence-electron chi connectivity index (χ3n) is 0. The van der Waals surface area contributed by atoms with E-state index in [0.717, 1.165) is 0 Å². The van der Waals surface area contributed by atoms with Crippen LogP contribution in [0.25, 0.3) is 0 Å². The van der Waals surface area contributed by atoms with Gasteiger partial charge in [-0.15, -0.1) is 0 Å². The van der Waals surface area contributed by atoms with Crippen LogP contribution in [0.2, 0.25) is 0 Å². The first-order valence-corrected chi connectivity index (χ1v) is 2.68. The molecule has 0 saturated carbocycles. The van der Waals surface area contributed by atoms with Gasteiger partial charge in [0, 0.05) is 17.4 Å². The predicted molar refractivity (Wildman–Crippen MR) is 22.6 cm³/mol. The van der Waals surface area contributed by atoms with Crippen molar-refractivity contribution in [1.29, 1.82) is 0 Å². The van der Waals surface area contributed by atoms with Crippen LogP contribution in [0.3, 0.4) is 0 Å². The molecule has 4 nitrogen and oxygen atoms in total. The zero-order chi connectivity index (χ0) is 4.50. The normalized spacial score (nSPS) is 8.57. The van der Waals surface area contributed by atoms with Crippen LogP contribution < -0.4 is 0 Å². The van der Waals surface area contributed by atoms with E-state index in [1.54, 1.807) is 0 Å². The molecule has 0 aromatic carbocycles. The second-order valence-corrected chi connectivity index (χ2v) is 1.80. The van der Waals surface area contributed by atoms with Crippen LogP contribution in [0.5, 0.6) is 0 Å². The second kappa shape index (κ2) is 5.98. The van der Waals surface area contributed by atoms with Crippen LogP contribution in [-0.2, 0) is 17.4 Å². The number of rotatable bonds is 0. The fraction of sp³-hybridized carbons (Fsp3) is 0. The minimum absolute atomic E-state index is 0. The predicted octanol–water partition coefficient (Wildman–Crippen LogP) is -2.77. The molecule has 0 rings (SSSR count). The van der Waals surface area contributed by atoms with Gasteiger partial charge in [0.2, 0.25) is 0 Å². The molecule has 42 valence electrons. The maximum atomic E-state index is 7.33. The van der Waals surface area contributed by atoms with Gasteiger partial charge in [-0.2, -0.15) is 0 Å². The summed E-state index contributed by atoms with van der Waals surface area (Å²) in [6.07, 6.45) is 0. The Morgan fingerprint density at radius 3 is 1.00 bits per heavy atom. The van der Waals surface area contributed by atoms with Crippen LogP contribution in [0.1, 0.15) is 2.85 Å². The Kier molecular flexibility index (Phi) is 13.6. The summed E-state index contributed by atoms with van der Waals surface area (Å²) in [5.41, 5.74) is 0. The topological polar surface area (TPSA) is 80.9 Å². The average molecular weight is 190 g/mol. The fourth-order valence-corrected chi connectivity index (χ4v) is 0. The van der Waals surface area contributed by atoms with E-state index < -0.39 is 9.05 Å². The molecule has 0 heterocycles. The molecule has 0 aliphatic heterocycles. The molecule has 0 bridgehead atoms. The van der Waals surface area contributed by atoms with E-state index in [-0.39, 0.29) is 58.0 Å². The van der Waals surface area contributed by atoms with Gasteiger partial charge >= 0.3 is 46.8 Å². The van der Waals surface area contributed by atoms with Gasteiger partial charge in [0.1, 0.15) is 0 Å². The van der Waals surface area contributed by atoms with Gasteiger partial charge in [0.05, 0.1) is 0 Å². The van der Waals surface area contributed by atoms with Crippen molar-refractivity contribution in [2.75, 3.05) is 0 Å². The van der Waals surface area contributed by atoms with Crippen LogP contribution in [-0.4, -0.2) is 66.0 Å². The van der Waals surface area contributed by atoms with E-state index in [4.69, 9.17) is 19.2 Å². The summed E-state index contributed by atoms with van der Waals surface area (Å²) in [6, 6.07) is 0. The molecule has 7 heavy (non-hydrogen) atoms. The minimum atomic E-state index is -4.61. The number of hydrogen-bond acceptors (Lipinski definition) is 4. The van der Waals surface area contributed by atoms with E-state index in [9.17, 15) is 0 Å². The van der Waals surface area contributed by atoms with Gasteiger partial charge in [-0.25, -0.2) is 0 Å². The molecule has 0 radical (unpaired) electrons. The Labute approximate surface area is 85.4 Å². The molecule has 4 N–H and O–H groups in total. The van der Waals surface area contributed by atoms with Crippen LogP contribution in [0, 0.1) is 0 Å². The number of hydrogen-bond donors (Lipinski definition) is 4. The molecular weight excluding hydrogens is 184 g/mol. The van der Waals surface area contributed by atoms with Crippen LogP contribution in [0.15, 0.2) is 0 Å². The summed E-state index contributed by atoms with van der Waals surface area (Å²) in [5, 5.41) is 0. The molecule has 0 aliphatic carbocycles. The van der Waals surface area contributed by atoms with Crippen molar-refractivity contribution in [3.8, 4) is 0 Å². The molecule has 0 aromatic heterocycles. The van der Waals surface area contributed by atoms with Crippen molar-refractivity contribution < 1.29 is 39.4 Å². The molecule has 0 aliphatic rings. The maximum absolute atomic E-state index is 7.33. The van der Waals surface area contributed by atoms with Gasteiger partial charge in [0.15, 0.2) is 0 Å². The smallest absolute Gasteiger partial charge is 1.00 e. The molecule has 7 heteroatoms. The molecule has 0 fully saturated rings.